The largest absolute Gasteiger partial charge is 0.283 e. The highest BCUT2D eigenvalue weighted by Crippen LogP contribution is 2.18. The van der Waals surface area contributed by atoms with Gasteiger partial charge in [0.25, 0.3) is 0 Å². The standard InChI is InChI=1S/C15H14F2N4O4S2/c16-13-2-1-3-14(17)15(13)27(24,25)19-7-9-26(22,23)20-11-5-8-21-12(10-11)4-6-18-21/h1-6,8,10,19-20H,7,9H2. The Kier molecular flexibility index (Phi) is 5.13. The first kappa shape index (κ1) is 19.2. The summed E-state index contributed by atoms with van der Waals surface area (Å²) in [5.41, 5.74) is 0.928. The van der Waals surface area contributed by atoms with Crippen molar-refractivity contribution < 1.29 is 25.6 Å². The summed E-state index contributed by atoms with van der Waals surface area (Å²) in [6, 6.07) is 7.31. The maximum atomic E-state index is 13.6. The molecule has 0 aliphatic carbocycles. The molecule has 2 aromatic heterocycles. The molecule has 0 unspecified atom stereocenters. The van der Waals surface area contributed by atoms with Gasteiger partial charge in [0.1, 0.15) is 11.6 Å². The molecule has 0 radical (unpaired) electrons. The van der Waals surface area contributed by atoms with Crippen LogP contribution in [0.3, 0.4) is 0 Å². The molecule has 1 aromatic carbocycles. The number of pyridine rings is 1. The molecule has 0 aliphatic heterocycles. The topological polar surface area (TPSA) is 110 Å². The lowest BCUT2D eigenvalue weighted by Crippen LogP contribution is -2.32. The molecule has 0 spiro atoms. The number of hydrogen-bond acceptors (Lipinski definition) is 5. The molecular formula is C15H14F2N4O4S2. The van der Waals surface area contributed by atoms with Crippen LogP contribution in [0.1, 0.15) is 0 Å². The molecule has 0 amide bonds. The van der Waals surface area contributed by atoms with Gasteiger partial charge in [-0.2, -0.15) is 5.10 Å². The fraction of sp³-hybridized carbons (Fsp3) is 0.133. The van der Waals surface area contributed by atoms with Gasteiger partial charge in [0.15, 0.2) is 4.90 Å². The lowest BCUT2D eigenvalue weighted by atomic mass is 10.3. The van der Waals surface area contributed by atoms with E-state index in [4.69, 9.17) is 0 Å². The molecule has 0 saturated heterocycles. The van der Waals surface area contributed by atoms with Crippen LogP contribution in [0, 0.1) is 11.6 Å². The van der Waals surface area contributed by atoms with Crippen molar-refractivity contribution in [2.45, 2.75) is 4.90 Å². The zero-order valence-corrected chi connectivity index (χ0v) is 15.3. The van der Waals surface area contributed by atoms with E-state index in [-0.39, 0.29) is 5.69 Å². The number of sulfonamides is 2. The highest BCUT2D eigenvalue weighted by atomic mass is 32.2. The van der Waals surface area contributed by atoms with E-state index in [0.29, 0.717) is 5.52 Å². The van der Waals surface area contributed by atoms with Gasteiger partial charge in [0.2, 0.25) is 20.0 Å². The molecule has 0 atom stereocenters. The quantitative estimate of drug-likeness (QED) is 0.604. The summed E-state index contributed by atoms with van der Waals surface area (Å²) in [6.07, 6.45) is 3.10. The Balaban J connectivity index is 1.66. The Labute approximate surface area is 153 Å². The molecule has 0 fully saturated rings. The van der Waals surface area contributed by atoms with Gasteiger partial charge in [-0.05, 0) is 30.3 Å². The number of nitrogens with one attached hydrogen (secondary N) is 2. The summed E-state index contributed by atoms with van der Waals surface area (Å²) >= 11 is 0. The third-order valence-electron chi connectivity index (χ3n) is 3.52. The molecule has 0 saturated carbocycles. The molecule has 144 valence electrons. The second-order valence-electron chi connectivity index (χ2n) is 5.49. The number of fused-ring (bicyclic) bond motifs is 1. The van der Waals surface area contributed by atoms with Crippen molar-refractivity contribution in [2.24, 2.45) is 0 Å². The van der Waals surface area contributed by atoms with Crippen LogP contribution in [0.4, 0.5) is 14.5 Å². The van der Waals surface area contributed by atoms with E-state index >= 15 is 0 Å². The van der Waals surface area contributed by atoms with Crippen molar-refractivity contribution in [1.82, 2.24) is 14.3 Å². The van der Waals surface area contributed by atoms with E-state index in [1.165, 1.54) is 10.6 Å². The third-order valence-corrected chi connectivity index (χ3v) is 6.32. The molecule has 3 rings (SSSR count). The predicted molar refractivity (Wildman–Crippen MR) is 94.1 cm³/mol. The predicted octanol–water partition coefficient (Wildman–Crippen LogP) is 1.33. The molecule has 0 bridgehead atoms. The molecule has 0 aliphatic rings. The summed E-state index contributed by atoms with van der Waals surface area (Å²) in [6.45, 7) is -0.569. The van der Waals surface area contributed by atoms with Crippen molar-refractivity contribution in [3.05, 3.63) is 60.4 Å². The van der Waals surface area contributed by atoms with E-state index in [2.05, 4.69) is 9.82 Å². The van der Waals surface area contributed by atoms with Gasteiger partial charge < -0.3 is 0 Å². The van der Waals surface area contributed by atoms with E-state index in [0.717, 1.165) is 18.2 Å². The smallest absolute Gasteiger partial charge is 0.246 e. The van der Waals surface area contributed by atoms with Gasteiger partial charge in [-0.25, -0.2) is 34.9 Å². The molecular weight excluding hydrogens is 402 g/mol. The number of rotatable bonds is 7. The van der Waals surface area contributed by atoms with Gasteiger partial charge in [-0.3, -0.25) is 4.72 Å². The van der Waals surface area contributed by atoms with Gasteiger partial charge in [0, 0.05) is 18.9 Å². The van der Waals surface area contributed by atoms with Crippen LogP contribution >= 0.6 is 0 Å². The van der Waals surface area contributed by atoms with Crippen molar-refractivity contribution >= 4 is 31.3 Å². The lowest BCUT2D eigenvalue weighted by molar-refractivity contribution is 0.515. The van der Waals surface area contributed by atoms with Gasteiger partial charge in [-0.15, -0.1) is 0 Å². The zero-order valence-electron chi connectivity index (χ0n) is 13.6. The molecule has 12 heteroatoms. The number of halogens is 2. The van der Waals surface area contributed by atoms with E-state index in [1.807, 2.05) is 4.72 Å². The summed E-state index contributed by atoms with van der Waals surface area (Å²) in [5, 5.41) is 3.98. The Morgan fingerprint density at radius 2 is 1.74 bits per heavy atom. The Morgan fingerprint density at radius 3 is 2.44 bits per heavy atom. The first-order valence-electron chi connectivity index (χ1n) is 7.55. The van der Waals surface area contributed by atoms with Gasteiger partial charge >= 0.3 is 0 Å². The normalized spacial score (nSPS) is 12.4. The third kappa shape index (κ3) is 4.40. The second-order valence-corrected chi connectivity index (χ2v) is 9.03. The molecule has 3 aromatic rings. The van der Waals surface area contributed by atoms with Crippen molar-refractivity contribution in [3.63, 3.8) is 0 Å². The minimum Gasteiger partial charge on any atom is -0.283 e. The monoisotopic (exact) mass is 416 g/mol. The van der Waals surface area contributed by atoms with E-state index in [9.17, 15) is 25.6 Å². The Bertz CT molecular complexity index is 1170. The molecule has 27 heavy (non-hydrogen) atoms. The van der Waals surface area contributed by atoms with Crippen LogP contribution < -0.4 is 9.44 Å². The first-order chi connectivity index (χ1) is 12.7. The zero-order chi connectivity index (χ0) is 19.7. The van der Waals surface area contributed by atoms with Gasteiger partial charge in [0.05, 0.1) is 17.0 Å². The van der Waals surface area contributed by atoms with Gasteiger partial charge in [-0.1, -0.05) is 6.07 Å². The van der Waals surface area contributed by atoms with Crippen molar-refractivity contribution in [1.29, 1.82) is 0 Å². The fourth-order valence-corrected chi connectivity index (χ4v) is 4.59. The van der Waals surface area contributed by atoms with Crippen LogP contribution in [0.25, 0.3) is 5.52 Å². The second kappa shape index (κ2) is 7.21. The Hall–Kier alpha value is -2.57. The molecule has 2 N–H and O–H groups in total. The first-order valence-corrected chi connectivity index (χ1v) is 10.7. The lowest BCUT2D eigenvalue weighted by Gasteiger charge is -2.10. The number of aromatic nitrogens is 2. The Morgan fingerprint density at radius 1 is 1.04 bits per heavy atom. The highest BCUT2D eigenvalue weighted by molar-refractivity contribution is 7.92. The van der Waals surface area contributed by atoms with E-state index in [1.54, 1.807) is 24.5 Å². The number of hydrogen-bond donors (Lipinski definition) is 2. The number of nitrogens with zero attached hydrogens (tertiary/aromatic N) is 2. The molecule has 2 heterocycles. The maximum Gasteiger partial charge on any atom is 0.246 e. The van der Waals surface area contributed by atoms with Crippen LogP contribution in [0.15, 0.2) is 53.7 Å². The van der Waals surface area contributed by atoms with Crippen LogP contribution in [0.2, 0.25) is 0 Å². The highest BCUT2D eigenvalue weighted by Gasteiger charge is 2.24. The summed E-state index contributed by atoms with van der Waals surface area (Å²) in [4.78, 5) is -1.15. The summed E-state index contributed by atoms with van der Waals surface area (Å²) < 4.78 is 81.2. The number of anilines is 1. The van der Waals surface area contributed by atoms with Crippen LogP contribution in [-0.2, 0) is 20.0 Å². The SMILES string of the molecule is O=S(=O)(CCNS(=O)(=O)c1c(F)cccc1F)Nc1ccn2nccc2c1. The van der Waals surface area contributed by atoms with Crippen LogP contribution in [-0.4, -0.2) is 38.7 Å². The fourth-order valence-electron chi connectivity index (χ4n) is 2.34. The average Bonchev–Trinajstić information content (AvgIpc) is 3.01. The summed E-state index contributed by atoms with van der Waals surface area (Å²) in [5.74, 6) is -3.16. The minimum absolute atomic E-state index is 0.269. The minimum atomic E-state index is -4.54. The maximum absolute atomic E-state index is 13.6. The van der Waals surface area contributed by atoms with Crippen molar-refractivity contribution in [2.75, 3.05) is 17.0 Å². The average molecular weight is 416 g/mol. The summed E-state index contributed by atoms with van der Waals surface area (Å²) in [7, 11) is -8.45. The van der Waals surface area contributed by atoms with Crippen LogP contribution in [0.5, 0.6) is 0 Å². The van der Waals surface area contributed by atoms with E-state index < -0.39 is 48.9 Å². The van der Waals surface area contributed by atoms with Crippen molar-refractivity contribution in [3.8, 4) is 0 Å². The number of benzene rings is 1. The molecule has 8 nitrogen and oxygen atoms in total.